The maximum Gasteiger partial charge on any atom is 0.348 e. The van der Waals surface area contributed by atoms with Crippen LogP contribution in [0.25, 0.3) is 0 Å². The van der Waals surface area contributed by atoms with Gasteiger partial charge in [0.2, 0.25) is 0 Å². The molecule has 8 nitrogen and oxygen atoms in total. The molecule has 0 unspecified atom stereocenters. The van der Waals surface area contributed by atoms with E-state index in [9.17, 15) is 14.9 Å². The second-order valence-corrected chi connectivity index (χ2v) is 4.28. The molecule has 0 saturated heterocycles. The number of methoxy groups -OCH3 is 2. The number of rotatable bonds is 3. The average molecular weight is 314 g/mol. The van der Waals surface area contributed by atoms with E-state index in [0.29, 0.717) is 5.70 Å². The monoisotopic (exact) mass is 314 g/mol. The molecule has 0 spiro atoms. The first kappa shape index (κ1) is 17.5. The van der Waals surface area contributed by atoms with Crippen LogP contribution in [0, 0.1) is 22.7 Å². The summed E-state index contributed by atoms with van der Waals surface area (Å²) in [4.78, 5) is 24.5. The Morgan fingerprint density at radius 1 is 1.30 bits per heavy atom. The molecule has 0 amide bonds. The van der Waals surface area contributed by atoms with Gasteiger partial charge in [-0.1, -0.05) is 0 Å². The predicted molar refractivity (Wildman–Crippen MR) is 78.5 cm³/mol. The number of hydrogen-bond donors (Lipinski definition) is 1. The van der Waals surface area contributed by atoms with Crippen molar-refractivity contribution in [1.29, 1.82) is 10.5 Å². The van der Waals surface area contributed by atoms with Crippen LogP contribution in [0.2, 0.25) is 0 Å². The first-order chi connectivity index (χ1) is 10.9. The number of carbonyl (C=O) groups is 2. The molecule has 0 aromatic carbocycles. The fourth-order valence-corrected chi connectivity index (χ4v) is 1.80. The molecule has 0 bridgehead atoms. The van der Waals surface area contributed by atoms with E-state index >= 15 is 0 Å². The van der Waals surface area contributed by atoms with Gasteiger partial charge in [0.25, 0.3) is 0 Å². The van der Waals surface area contributed by atoms with Gasteiger partial charge in [-0.2, -0.15) is 10.5 Å². The number of allylic oxidation sites excluding steroid dienone is 3. The summed E-state index contributed by atoms with van der Waals surface area (Å²) < 4.78 is 9.06. The Bertz CT molecular complexity index is 744. The van der Waals surface area contributed by atoms with Gasteiger partial charge >= 0.3 is 11.9 Å². The van der Waals surface area contributed by atoms with Crippen LogP contribution in [-0.4, -0.2) is 38.1 Å². The van der Waals surface area contributed by atoms with Gasteiger partial charge in [0.1, 0.15) is 23.3 Å². The van der Waals surface area contributed by atoms with Gasteiger partial charge in [0, 0.05) is 13.2 Å². The molecule has 8 heteroatoms. The number of likely N-dealkylation sites (N-methyl/N-ethyl adjacent to an activating group) is 1. The minimum atomic E-state index is -0.802. The van der Waals surface area contributed by atoms with E-state index in [1.54, 1.807) is 13.1 Å². The van der Waals surface area contributed by atoms with Crippen LogP contribution in [-0.2, 0) is 19.1 Å². The van der Waals surface area contributed by atoms with Gasteiger partial charge in [-0.3, -0.25) is 0 Å². The summed E-state index contributed by atoms with van der Waals surface area (Å²) >= 11 is 0. The van der Waals surface area contributed by atoms with Gasteiger partial charge < -0.3 is 20.1 Å². The van der Waals surface area contributed by atoms with E-state index in [0.717, 1.165) is 7.11 Å². The molecule has 0 aromatic heterocycles. The number of nitrogens with zero attached hydrogens (tertiary/aromatic N) is 3. The summed E-state index contributed by atoms with van der Waals surface area (Å²) in [5.41, 5.74) is 5.92. The lowest BCUT2D eigenvalue weighted by molar-refractivity contribution is -0.136. The maximum atomic E-state index is 11.7. The Hall–Kier alpha value is -3.52. The van der Waals surface area contributed by atoms with Gasteiger partial charge in [0.05, 0.1) is 31.2 Å². The number of hydrogen-bond acceptors (Lipinski definition) is 8. The molecule has 23 heavy (non-hydrogen) atoms. The van der Waals surface area contributed by atoms with Crippen LogP contribution < -0.4 is 5.73 Å². The Balaban J connectivity index is 3.38. The fraction of sp³-hybridized carbons (Fsp3) is 0.200. The third-order valence-electron chi connectivity index (χ3n) is 2.97. The lowest BCUT2D eigenvalue weighted by Crippen LogP contribution is -2.26. The number of carbonyl (C=O) groups excluding carboxylic acids is 2. The molecule has 1 aliphatic heterocycles. The third kappa shape index (κ3) is 3.57. The van der Waals surface area contributed by atoms with Gasteiger partial charge in [-0.05, 0) is 12.2 Å². The number of ether oxygens (including phenoxy) is 2. The largest absolute Gasteiger partial charge is 0.465 e. The normalized spacial score (nSPS) is 16.4. The van der Waals surface area contributed by atoms with Crippen LogP contribution in [0.5, 0.6) is 0 Å². The van der Waals surface area contributed by atoms with Crippen LogP contribution >= 0.6 is 0 Å². The summed E-state index contributed by atoms with van der Waals surface area (Å²) in [6.07, 6.45) is 3.97. The highest BCUT2D eigenvalue weighted by molar-refractivity contribution is 5.95. The zero-order chi connectivity index (χ0) is 17.6. The van der Waals surface area contributed by atoms with E-state index < -0.39 is 11.9 Å². The summed E-state index contributed by atoms with van der Waals surface area (Å²) in [6, 6.07) is 3.59. The molecule has 0 fully saturated rings. The Labute approximate surface area is 133 Å². The second-order valence-electron chi connectivity index (χ2n) is 4.28. The minimum absolute atomic E-state index is 0.0220. The molecule has 1 heterocycles. The molecule has 0 aromatic rings. The number of esters is 2. The van der Waals surface area contributed by atoms with Crippen molar-refractivity contribution >= 4 is 11.9 Å². The quantitative estimate of drug-likeness (QED) is 0.445. The Morgan fingerprint density at radius 3 is 2.43 bits per heavy atom. The highest BCUT2D eigenvalue weighted by atomic mass is 16.5. The Kier molecular flexibility index (Phi) is 5.70. The van der Waals surface area contributed by atoms with Crippen molar-refractivity contribution in [1.82, 2.24) is 4.90 Å². The van der Waals surface area contributed by atoms with E-state index in [-0.39, 0.29) is 22.4 Å². The first-order valence-corrected chi connectivity index (χ1v) is 6.25. The van der Waals surface area contributed by atoms with Crippen LogP contribution in [0.4, 0.5) is 0 Å². The molecule has 0 atom stereocenters. The lowest BCUT2D eigenvalue weighted by atomic mass is 10.0. The lowest BCUT2D eigenvalue weighted by Gasteiger charge is -2.25. The number of nitriles is 2. The van der Waals surface area contributed by atoms with Crippen molar-refractivity contribution in [2.24, 2.45) is 5.73 Å². The molecule has 1 rings (SSSR count). The van der Waals surface area contributed by atoms with Crippen LogP contribution in [0.15, 0.2) is 46.5 Å². The van der Waals surface area contributed by atoms with E-state index in [4.69, 9.17) is 11.0 Å². The van der Waals surface area contributed by atoms with Crippen molar-refractivity contribution < 1.29 is 19.1 Å². The molecular weight excluding hydrogens is 300 g/mol. The standard InChI is InChI=1S/C15H14N4O4/c1-19-8-11(15(21)23-3)13(18)10(7-17)12(19)5-4-9(6-16)14(20)22-2/h4-5,8H,18H2,1-3H3. The molecule has 1 aliphatic rings. The maximum absolute atomic E-state index is 11.7. The van der Waals surface area contributed by atoms with Gasteiger partial charge in [-0.25, -0.2) is 9.59 Å². The highest BCUT2D eigenvalue weighted by Crippen LogP contribution is 2.26. The van der Waals surface area contributed by atoms with Crippen molar-refractivity contribution in [3.63, 3.8) is 0 Å². The first-order valence-electron chi connectivity index (χ1n) is 6.25. The van der Waals surface area contributed by atoms with Crippen molar-refractivity contribution in [2.45, 2.75) is 0 Å². The van der Waals surface area contributed by atoms with Crippen molar-refractivity contribution in [3.05, 3.63) is 46.5 Å². The predicted octanol–water partition coefficient (Wildman–Crippen LogP) is 0.232. The summed E-state index contributed by atoms with van der Waals surface area (Å²) in [6.45, 7) is 0. The molecular formula is C15H14N4O4. The molecule has 2 N–H and O–H groups in total. The summed E-state index contributed by atoms with van der Waals surface area (Å²) in [5.74, 6) is -1.48. The summed E-state index contributed by atoms with van der Waals surface area (Å²) in [5, 5.41) is 18.2. The van der Waals surface area contributed by atoms with Crippen LogP contribution in [0.1, 0.15) is 0 Å². The van der Waals surface area contributed by atoms with E-state index in [2.05, 4.69) is 9.47 Å². The number of nitrogens with two attached hydrogens (primary N) is 1. The molecule has 0 aliphatic carbocycles. The van der Waals surface area contributed by atoms with E-state index in [1.165, 1.54) is 30.4 Å². The zero-order valence-electron chi connectivity index (χ0n) is 12.8. The van der Waals surface area contributed by atoms with Gasteiger partial charge in [-0.15, -0.1) is 0 Å². The van der Waals surface area contributed by atoms with E-state index in [1.807, 2.05) is 6.07 Å². The van der Waals surface area contributed by atoms with Gasteiger partial charge in [0.15, 0.2) is 0 Å². The molecule has 118 valence electrons. The van der Waals surface area contributed by atoms with Crippen LogP contribution in [0.3, 0.4) is 0 Å². The molecule has 0 saturated carbocycles. The minimum Gasteiger partial charge on any atom is -0.465 e. The topological polar surface area (TPSA) is 129 Å². The SMILES string of the molecule is COC(=O)C(C#N)=CC=C1C(C#N)=C(N)C(C(=O)OC)=CN1C. The van der Waals surface area contributed by atoms with Crippen molar-refractivity contribution in [3.8, 4) is 12.1 Å². The second kappa shape index (κ2) is 7.48. The average Bonchev–Trinajstić information content (AvgIpc) is 2.56. The Morgan fingerprint density at radius 2 is 1.96 bits per heavy atom. The third-order valence-corrected chi connectivity index (χ3v) is 2.97. The zero-order valence-corrected chi connectivity index (χ0v) is 12.8. The molecule has 0 radical (unpaired) electrons. The van der Waals surface area contributed by atoms with Crippen molar-refractivity contribution in [2.75, 3.05) is 21.3 Å². The highest BCUT2D eigenvalue weighted by Gasteiger charge is 2.26. The summed E-state index contributed by atoms with van der Waals surface area (Å²) in [7, 11) is 3.93. The smallest absolute Gasteiger partial charge is 0.348 e. The fourth-order valence-electron chi connectivity index (χ4n) is 1.80.